The minimum Gasteiger partial charge on any atom is -0.492 e. The van der Waals surface area contributed by atoms with Crippen LogP contribution in [0.3, 0.4) is 0 Å². The number of benzene rings is 1. The van der Waals surface area contributed by atoms with Crippen molar-refractivity contribution < 1.29 is 9.53 Å². The first-order valence-electron chi connectivity index (χ1n) is 6.89. The van der Waals surface area contributed by atoms with Crippen molar-refractivity contribution in [2.45, 2.75) is 26.2 Å². The summed E-state index contributed by atoms with van der Waals surface area (Å²) >= 11 is 0. The van der Waals surface area contributed by atoms with Crippen LogP contribution >= 0.6 is 0 Å². The van der Waals surface area contributed by atoms with Gasteiger partial charge < -0.3 is 15.4 Å². The Kier molecular flexibility index (Phi) is 4.30. The molecule has 2 N–H and O–H groups in total. The minimum atomic E-state index is 0.0293. The third-order valence-electron chi connectivity index (χ3n) is 3.66. The molecule has 0 spiro atoms. The number of anilines is 1. The number of amides is 1. The Morgan fingerprint density at radius 3 is 2.74 bits per heavy atom. The Hall–Kier alpha value is -1.71. The monoisotopic (exact) mass is 262 g/mol. The van der Waals surface area contributed by atoms with Gasteiger partial charge in [0.1, 0.15) is 5.75 Å². The first-order chi connectivity index (χ1) is 9.11. The first kappa shape index (κ1) is 13.7. The summed E-state index contributed by atoms with van der Waals surface area (Å²) in [7, 11) is 1.85. The number of nitrogen functional groups attached to an aromatic ring is 1. The number of hydrogen-bond donors (Lipinski definition) is 1. The van der Waals surface area contributed by atoms with Gasteiger partial charge in [-0.1, -0.05) is 6.42 Å². The summed E-state index contributed by atoms with van der Waals surface area (Å²) in [4.78, 5) is 14.1. The number of carbonyl (C=O) groups is 1. The van der Waals surface area contributed by atoms with Crippen molar-refractivity contribution in [3.8, 4) is 5.75 Å². The van der Waals surface area contributed by atoms with Crippen molar-refractivity contribution in [1.82, 2.24) is 4.90 Å². The molecule has 104 valence electrons. The summed E-state index contributed by atoms with van der Waals surface area (Å²) in [6.07, 6.45) is 3.77. The van der Waals surface area contributed by atoms with Crippen LogP contribution in [0.5, 0.6) is 5.75 Å². The molecule has 0 bridgehead atoms. The third kappa shape index (κ3) is 3.19. The van der Waals surface area contributed by atoms with E-state index in [1.165, 1.54) is 19.3 Å². The molecule has 0 unspecified atom stereocenters. The van der Waals surface area contributed by atoms with Gasteiger partial charge >= 0.3 is 0 Å². The molecular formula is C15H22N2O2. The lowest BCUT2D eigenvalue weighted by molar-refractivity contribution is 0.0745. The zero-order valence-corrected chi connectivity index (χ0v) is 11.7. The highest BCUT2D eigenvalue weighted by Crippen LogP contribution is 2.28. The number of rotatable bonds is 5. The number of ether oxygens (including phenoxy) is 1. The molecule has 1 amide bonds. The van der Waals surface area contributed by atoms with Gasteiger partial charge in [-0.25, -0.2) is 0 Å². The lowest BCUT2D eigenvalue weighted by atomic mass is 9.85. The number of nitrogens with zero attached hydrogens (tertiary/aromatic N) is 1. The first-order valence-corrected chi connectivity index (χ1v) is 6.89. The Morgan fingerprint density at radius 1 is 1.47 bits per heavy atom. The molecule has 2 rings (SSSR count). The van der Waals surface area contributed by atoms with Gasteiger partial charge in [0.2, 0.25) is 0 Å². The highest BCUT2D eigenvalue weighted by Gasteiger charge is 2.22. The molecule has 0 saturated heterocycles. The molecular weight excluding hydrogens is 240 g/mol. The second kappa shape index (κ2) is 5.95. The van der Waals surface area contributed by atoms with E-state index in [0.717, 1.165) is 6.54 Å². The normalized spacial score (nSPS) is 14.8. The molecule has 1 aromatic carbocycles. The van der Waals surface area contributed by atoms with E-state index < -0.39 is 0 Å². The van der Waals surface area contributed by atoms with Crippen molar-refractivity contribution >= 4 is 11.6 Å². The highest BCUT2D eigenvalue weighted by molar-refractivity contribution is 5.95. The van der Waals surface area contributed by atoms with Crippen LogP contribution in [0.4, 0.5) is 5.69 Å². The van der Waals surface area contributed by atoms with E-state index in [0.29, 0.717) is 29.5 Å². The number of hydrogen-bond acceptors (Lipinski definition) is 3. The van der Waals surface area contributed by atoms with Crippen LogP contribution in [-0.4, -0.2) is 31.0 Å². The van der Waals surface area contributed by atoms with Crippen molar-refractivity contribution in [3.05, 3.63) is 23.8 Å². The molecule has 1 aliphatic rings. The summed E-state index contributed by atoms with van der Waals surface area (Å²) in [5.74, 6) is 1.34. The van der Waals surface area contributed by atoms with Crippen LogP contribution < -0.4 is 10.5 Å². The molecule has 0 radical (unpaired) electrons. The largest absolute Gasteiger partial charge is 0.492 e. The fourth-order valence-electron chi connectivity index (χ4n) is 2.33. The van der Waals surface area contributed by atoms with Crippen molar-refractivity contribution in [2.24, 2.45) is 5.92 Å². The third-order valence-corrected chi connectivity index (χ3v) is 3.66. The van der Waals surface area contributed by atoms with E-state index in [1.807, 2.05) is 14.0 Å². The van der Waals surface area contributed by atoms with Gasteiger partial charge in [-0.15, -0.1) is 0 Å². The Labute approximate surface area is 114 Å². The fourth-order valence-corrected chi connectivity index (χ4v) is 2.33. The smallest absolute Gasteiger partial charge is 0.253 e. The number of carbonyl (C=O) groups excluding carboxylic acids is 1. The van der Waals surface area contributed by atoms with Crippen LogP contribution in [0.25, 0.3) is 0 Å². The molecule has 1 saturated carbocycles. The predicted octanol–water partition coefficient (Wildman–Crippen LogP) is 2.54. The maximum Gasteiger partial charge on any atom is 0.253 e. The zero-order chi connectivity index (χ0) is 13.8. The summed E-state index contributed by atoms with van der Waals surface area (Å²) < 4.78 is 5.37. The van der Waals surface area contributed by atoms with Crippen molar-refractivity contribution in [3.63, 3.8) is 0 Å². The van der Waals surface area contributed by atoms with Gasteiger partial charge in [0, 0.05) is 19.2 Å². The van der Waals surface area contributed by atoms with Crippen LogP contribution in [0, 0.1) is 5.92 Å². The van der Waals surface area contributed by atoms with Gasteiger partial charge in [0.05, 0.1) is 12.3 Å². The van der Waals surface area contributed by atoms with Crippen LogP contribution in [0.15, 0.2) is 18.2 Å². The van der Waals surface area contributed by atoms with E-state index >= 15 is 0 Å². The van der Waals surface area contributed by atoms with Gasteiger partial charge in [-0.2, -0.15) is 0 Å². The molecule has 0 aromatic heterocycles. The summed E-state index contributed by atoms with van der Waals surface area (Å²) in [5, 5.41) is 0. The molecule has 19 heavy (non-hydrogen) atoms. The minimum absolute atomic E-state index is 0.0293. The van der Waals surface area contributed by atoms with Gasteiger partial charge in [-0.05, 0) is 43.9 Å². The maximum atomic E-state index is 12.3. The second-order valence-electron chi connectivity index (χ2n) is 5.17. The van der Waals surface area contributed by atoms with E-state index in [2.05, 4.69) is 0 Å². The molecule has 1 fully saturated rings. The second-order valence-corrected chi connectivity index (χ2v) is 5.17. The van der Waals surface area contributed by atoms with Crippen molar-refractivity contribution in [1.29, 1.82) is 0 Å². The van der Waals surface area contributed by atoms with Crippen LogP contribution in [-0.2, 0) is 0 Å². The highest BCUT2D eigenvalue weighted by atomic mass is 16.5. The standard InChI is InChI=1S/C15H22N2O2/c1-3-19-14-8-7-12(9-13(14)16)15(18)17(2)10-11-5-4-6-11/h7-9,11H,3-6,10,16H2,1-2H3. The van der Waals surface area contributed by atoms with Gasteiger partial charge in [0.25, 0.3) is 5.91 Å². The maximum absolute atomic E-state index is 12.3. The Bertz CT molecular complexity index is 455. The van der Waals surface area contributed by atoms with Crippen LogP contribution in [0.1, 0.15) is 36.5 Å². The Morgan fingerprint density at radius 2 is 2.21 bits per heavy atom. The molecule has 0 heterocycles. The summed E-state index contributed by atoms with van der Waals surface area (Å²) in [6, 6.07) is 5.24. The summed E-state index contributed by atoms with van der Waals surface area (Å²) in [5.41, 5.74) is 7.03. The van der Waals surface area contributed by atoms with Crippen LogP contribution in [0.2, 0.25) is 0 Å². The zero-order valence-electron chi connectivity index (χ0n) is 11.7. The average Bonchev–Trinajstić information content (AvgIpc) is 2.35. The molecule has 0 aliphatic heterocycles. The molecule has 1 aliphatic carbocycles. The predicted molar refractivity (Wildman–Crippen MR) is 76.3 cm³/mol. The van der Waals surface area contributed by atoms with E-state index in [-0.39, 0.29) is 5.91 Å². The average molecular weight is 262 g/mol. The lowest BCUT2D eigenvalue weighted by Crippen LogP contribution is -2.34. The molecule has 0 atom stereocenters. The van der Waals surface area contributed by atoms with E-state index in [9.17, 15) is 4.79 Å². The SMILES string of the molecule is CCOc1ccc(C(=O)N(C)CC2CCC2)cc1N. The van der Waals surface area contributed by atoms with Crippen molar-refractivity contribution in [2.75, 3.05) is 25.9 Å². The van der Waals surface area contributed by atoms with Gasteiger partial charge in [-0.3, -0.25) is 4.79 Å². The number of nitrogens with two attached hydrogens (primary N) is 1. The fraction of sp³-hybridized carbons (Fsp3) is 0.533. The van der Waals surface area contributed by atoms with E-state index in [1.54, 1.807) is 23.1 Å². The summed E-state index contributed by atoms with van der Waals surface area (Å²) in [6.45, 7) is 3.32. The van der Waals surface area contributed by atoms with E-state index in [4.69, 9.17) is 10.5 Å². The Balaban J connectivity index is 2.03. The van der Waals surface area contributed by atoms with Gasteiger partial charge in [0.15, 0.2) is 0 Å². The quantitative estimate of drug-likeness (QED) is 0.830. The molecule has 4 heteroatoms. The topological polar surface area (TPSA) is 55.6 Å². The lowest BCUT2D eigenvalue weighted by Gasteiger charge is -2.30. The molecule has 1 aromatic rings. The molecule has 4 nitrogen and oxygen atoms in total.